The Morgan fingerprint density at radius 3 is 2.42 bits per heavy atom. The zero-order valence-corrected chi connectivity index (χ0v) is 22.1. The Morgan fingerprint density at radius 1 is 1.05 bits per heavy atom. The zero-order valence-electron chi connectivity index (χ0n) is 21.3. The Bertz CT molecular complexity index is 1850. The standard InChI is InChI=1S/C27H17ClF8N4O3/c28-16-3-2-13(30)9-15(16)21-19-17(37-23(41)11-6-12(27(34,35)36)8-14(31)7-11)10-18-22(20(19)24(42)38-21)40(25(32)33)26(43)39(18)5-1-4-29/h2-3,6-10,21,25H,1,4-5H2,(H,37,41)(H,38,42). The van der Waals surface area contributed by atoms with Crippen LogP contribution in [0.15, 0.2) is 47.3 Å². The van der Waals surface area contributed by atoms with Crippen LogP contribution < -0.4 is 16.3 Å². The molecule has 5 rings (SSSR count). The van der Waals surface area contributed by atoms with Gasteiger partial charge in [0.1, 0.15) is 11.6 Å². The fourth-order valence-corrected chi connectivity index (χ4v) is 5.25. The zero-order chi connectivity index (χ0) is 31.4. The van der Waals surface area contributed by atoms with Gasteiger partial charge in [0.15, 0.2) is 0 Å². The number of anilines is 1. The number of aromatic nitrogens is 2. The molecule has 0 fully saturated rings. The third kappa shape index (κ3) is 5.32. The summed E-state index contributed by atoms with van der Waals surface area (Å²) in [6.45, 7) is -4.84. The number of nitrogens with zero attached hydrogens (tertiary/aromatic N) is 2. The molecular formula is C27H17ClF8N4O3. The molecule has 0 spiro atoms. The maximum absolute atomic E-state index is 14.2. The molecule has 1 aromatic heterocycles. The first-order chi connectivity index (χ1) is 20.2. The highest BCUT2D eigenvalue weighted by Crippen LogP contribution is 2.43. The number of hydrogen-bond acceptors (Lipinski definition) is 3. The molecular weight excluding hydrogens is 616 g/mol. The summed E-state index contributed by atoms with van der Waals surface area (Å²) in [4.78, 5) is 39.5. The van der Waals surface area contributed by atoms with Gasteiger partial charge in [-0.15, -0.1) is 0 Å². The number of hydrogen-bond donors (Lipinski definition) is 2. The SMILES string of the molecule is O=C(Nc1cc2c(c3c1C(c1cc(F)ccc1Cl)NC3=O)n(C(F)F)c(=O)n2CCCF)c1cc(F)cc(C(F)(F)F)c1. The summed E-state index contributed by atoms with van der Waals surface area (Å²) < 4.78 is 110. The predicted molar refractivity (Wildman–Crippen MR) is 138 cm³/mol. The maximum atomic E-state index is 14.2. The first-order valence-corrected chi connectivity index (χ1v) is 12.7. The molecule has 16 heteroatoms. The molecule has 1 aliphatic rings. The van der Waals surface area contributed by atoms with Crippen LogP contribution in [0.1, 0.15) is 56.4 Å². The Labute approximate surface area is 240 Å². The van der Waals surface area contributed by atoms with Crippen molar-refractivity contribution in [3.05, 3.63) is 97.4 Å². The lowest BCUT2D eigenvalue weighted by atomic mass is 9.95. The van der Waals surface area contributed by atoms with E-state index in [1.165, 1.54) is 0 Å². The smallest absolute Gasteiger partial charge is 0.341 e. The highest BCUT2D eigenvalue weighted by atomic mass is 35.5. The van der Waals surface area contributed by atoms with Crippen molar-refractivity contribution in [1.29, 1.82) is 0 Å². The third-order valence-corrected chi connectivity index (χ3v) is 7.14. The van der Waals surface area contributed by atoms with Crippen LogP contribution in [-0.4, -0.2) is 27.6 Å². The molecule has 2 N–H and O–H groups in total. The molecule has 4 aromatic rings. The first kappa shape index (κ1) is 30.1. The van der Waals surface area contributed by atoms with Gasteiger partial charge in [-0.25, -0.2) is 18.1 Å². The van der Waals surface area contributed by atoms with Gasteiger partial charge >= 0.3 is 18.4 Å². The number of carbonyl (C=O) groups excluding carboxylic acids is 2. The predicted octanol–water partition coefficient (Wildman–Crippen LogP) is 6.59. The van der Waals surface area contributed by atoms with E-state index in [1.807, 2.05) is 0 Å². The number of alkyl halides is 6. The molecule has 226 valence electrons. The molecule has 43 heavy (non-hydrogen) atoms. The van der Waals surface area contributed by atoms with Crippen molar-refractivity contribution in [2.75, 3.05) is 12.0 Å². The minimum absolute atomic E-state index is 0.00464. The van der Waals surface area contributed by atoms with Gasteiger partial charge in [0, 0.05) is 33.9 Å². The lowest BCUT2D eigenvalue weighted by Crippen LogP contribution is -2.25. The number of rotatable bonds is 7. The second-order valence-electron chi connectivity index (χ2n) is 9.46. The largest absolute Gasteiger partial charge is 0.416 e. The number of fused-ring (bicyclic) bond motifs is 3. The average molecular weight is 633 g/mol. The van der Waals surface area contributed by atoms with Crippen molar-refractivity contribution < 1.29 is 44.7 Å². The van der Waals surface area contributed by atoms with Crippen LogP contribution in [-0.2, 0) is 12.7 Å². The second-order valence-corrected chi connectivity index (χ2v) is 9.86. The average Bonchev–Trinajstić information content (AvgIpc) is 3.41. The van der Waals surface area contributed by atoms with Crippen LogP contribution in [0.5, 0.6) is 0 Å². The van der Waals surface area contributed by atoms with Gasteiger partial charge in [-0.1, -0.05) is 11.6 Å². The van der Waals surface area contributed by atoms with Gasteiger partial charge < -0.3 is 10.6 Å². The summed E-state index contributed by atoms with van der Waals surface area (Å²) in [5.74, 6) is -4.55. The number of amides is 2. The van der Waals surface area contributed by atoms with Gasteiger partial charge in [0.05, 0.1) is 34.9 Å². The van der Waals surface area contributed by atoms with E-state index in [9.17, 15) is 49.5 Å². The lowest BCUT2D eigenvalue weighted by molar-refractivity contribution is -0.137. The minimum Gasteiger partial charge on any atom is -0.341 e. The van der Waals surface area contributed by atoms with Crippen molar-refractivity contribution in [2.24, 2.45) is 0 Å². The van der Waals surface area contributed by atoms with Crippen molar-refractivity contribution in [2.45, 2.75) is 31.7 Å². The number of aryl methyl sites for hydroxylation is 1. The highest BCUT2D eigenvalue weighted by molar-refractivity contribution is 6.31. The van der Waals surface area contributed by atoms with Crippen molar-refractivity contribution in [3.8, 4) is 0 Å². The molecule has 0 bridgehead atoms. The summed E-state index contributed by atoms with van der Waals surface area (Å²) in [6.07, 6.45) is -5.31. The maximum Gasteiger partial charge on any atom is 0.416 e. The number of halogens is 9. The van der Waals surface area contributed by atoms with Crippen LogP contribution in [0, 0.1) is 11.6 Å². The lowest BCUT2D eigenvalue weighted by Gasteiger charge is -2.19. The van der Waals surface area contributed by atoms with E-state index >= 15 is 0 Å². The molecule has 1 aliphatic heterocycles. The quantitative estimate of drug-likeness (QED) is 0.226. The number of carbonyl (C=O) groups is 2. The fraction of sp³-hybridized carbons (Fsp3) is 0.222. The highest BCUT2D eigenvalue weighted by Gasteiger charge is 2.39. The summed E-state index contributed by atoms with van der Waals surface area (Å²) in [6, 6.07) is 3.70. The van der Waals surface area contributed by atoms with Gasteiger partial charge in [0.25, 0.3) is 11.8 Å². The molecule has 0 saturated heterocycles. The Kier molecular flexibility index (Phi) is 7.71. The molecule has 2 heterocycles. The number of imidazole rings is 1. The second kappa shape index (κ2) is 11.0. The summed E-state index contributed by atoms with van der Waals surface area (Å²) in [7, 11) is 0. The van der Waals surface area contributed by atoms with E-state index < -0.39 is 83.3 Å². The first-order valence-electron chi connectivity index (χ1n) is 12.3. The van der Waals surface area contributed by atoms with E-state index in [1.54, 1.807) is 0 Å². The van der Waals surface area contributed by atoms with E-state index in [0.29, 0.717) is 12.1 Å². The number of nitrogens with one attached hydrogen (secondary N) is 2. The van der Waals surface area contributed by atoms with Crippen molar-refractivity contribution in [3.63, 3.8) is 0 Å². The third-order valence-electron chi connectivity index (χ3n) is 6.79. The molecule has 0 saturated carbocycles. The van der Waals surface area contributed by atoms with Gasteiger partial charge in [-0.2, -0.15) is 22.0 Å². The van der Waals surface area contributed by atoms with Gasteiger partial charge in [-0.3, -0.25) is 18.5 Å². The molecule has 0 aliphatic carbocycles. The monoisotopic (exact) mass is 632 g/mol. The van der Waals surface area contributed by atoms with Crippen LogP contribution in [0.25, 0.3) is 11.0 Å². The topological polar surface area (TPSA) is 85.1 Å². The molecule has 3 aromatic carbocycles. The molecule has 1 unspecified atom stereocenters. The van der Waals surface area contributed by atoms with Crippen molar-refractivity contribution in [1.82, 2.24) is 14.5 Å². The molecule has 0 radical (unpaired) electrons. The summed E-state index contributed by atoms with van der Waals surface area (Å²) in [5.41, 5.74) is -5.82. The Hall–Kier alpha value is -4.40. The van der Waals surface area contributed by atoms with E-state index in [-0.39, 0.29) is 44.4 Å². The van der Waals surface area contributed by atoms with E-state index in [2.05, 4.69) is 10.6 Å². The van der Waals surface area contributed by atoms with Gasteiger partial charge in [-0.05, 0) is 48.9 Å². The Balaban J connectivity index is 1.79. The normalized spacial score (nSPS) is 14.8. The number of benzene rings is 3. The van der Waals surface area contributed by atoms with Crippen LogP contribution in [0.4, 0.5) is 40.8 Å². The Morgan fingerprint density at radius 2 is 1.77 bits per heavy atom. The van der Waals surface area contributed by atoms with Crippen LogP contribution in [0.3, 0.4) is 0 Å². The molecule has 1 atom stereocenters. The minimum atomic E-state index is -5.02. The molecule has 2 amide bonds. The van der Waals surface area contributed by atoms with Gasteiger partial charge in [0.2, 0.25) is 0 Å². The molecule has 7 nitrogen and oxygen atoms in total. The van der Waals surface area contributed by atoms with Crippen molar-refractivity contribution >= 4 is 40.1 Å². The van der Waals surface area contributed by atoms with Crippen LogP contribution >= 0.6 is 11.6 Å². The fourth-order valence-electron chi connectivity index (χ4n) is 5.02. The van der Waals surface area contributed by atoms with E-state index in [0.717, 1.165) is 28.8 Å². The summed E-state index contributed by atoms with van der Waals surface area (Å²) >= 11 is 6.24. The summed E-state index contributed by atoms with van der Waals surface area (Å²) in [5, 5.41) is 4.62. The van der Waals surface area contributed by atoms with E-state index in [4.69, 9.17) is 11.6 Å². The van der Waals surface area contributed by atoms with Crippen LogP contribution in [0.2, 0.25) is 5.02 Å².